The predicted molar refractivity (Wildman–Crippen MR) is 67.4 cm³/mol. The van der Waals surface area contributed by atoms with E-state index in [2.05, 4.69) is 25.9 Å². The lowest BCUT2D eigenvalue weighted by Crippen LogP contribution is -2.39. The molecular formula is C10H20N4O2S. The van der Waals surface area contributed by atoms with Gasteiger partial charge in [-0.25, -0.2) is 0 Å². The van der Waals surface area contributed by atoms with E-state index in [1.54, 1.807) is 6.20 Å². The number of aromatic nitrogens is 2. The molecule has 0 amide bonds. The van der Waals surface area contributed by atoms with E-state index in [1.807, 2.05) is 14.1 Å². The molecule has 1 aromatic rings. The zero-order valence-electron chi connectivity index (χ0n) is 10.5. The van der Waals surface area contributed by atoms with E-state index in [4.69, 9.17) is 4.74 Å². The molecule has 1 aromatic heterocycles. The second kappa shape index (κ2) is 7.54. The summed E-state index contributed by atoms with van der Waals surface area (Å²) in [5.41, 5.74) is 0. The summed E-state index contributed by atoms with van der Waals surface area (Å²) in [6.07, 6.45) is 1.00. The van der Waals surface area contributed by atoms with Gasteiger partial charge in [0.1, 0.15) is 18.9 Å². The summed E-state index contributed by atoms with van der Waals surface area (Å²) in [5.74, 6) is 0.468. The van der Waals surface area contributed by atoms with Gasteiger partial charge in [0, 0.05) is 19.1 Å². The van der Waals surface area contributed by atoms with Gasteiger partial charge in [-0.1, -0.05) is 0 Å². The van der Waals surface area contributed by atoms with Crippen LogP contribution in [0, 0.1) is 0 Å². The van der Waals surface area contributed by atoms with Crippen LogP contribution in [0.3, 0.4) is 0 Å². The highest BCUT2D eigenvalue weighted by Gasteiger charge is 2.08. The molecule has 98 valence electrons. The molecule has 0 aromatic carbocycles. The maximum atomic E-state index is 9.65. The Balaban J connectivity index is 2.07. The first-order chi connectivity index (χ1) is 8.09. The Bertz CT molecular complexity index is 295. The summed E-state index contributed by atoms with van der Waals surface area (Å²) in [5, 5.41) is 12.8. The van der Waals surface area contributed by atoms with E-state index < -0.39 is 6.10 Å². The lowest BCUT2D eigenvalue weighted by atomic mass is 10.3. The predicted octanol–water partition coefficient (Wildman–Crippen LogP) is -0.182. The minimum absolute atomic E-state index is 0.231. The third-order valence-corrected chi connectivity index (χ3v) is 2.93. The van der Waals surface area contributed by atoms with E-state index in [0.717, 1.165) is 18.3 Å². The largest absolute Gasteiger partial charge is 0.473 e. The number of nitrogens with zero attached hydrogens (tertiary/aromatic N) is 3. The zero-order valence-corrected chi connectivity index (χ0v) is 11.3. The number of hydrogen-bond donors (Lipinski definition) is 2. The van der Waals surface area contributed by atoms with Crippen LogP contribution in [-0.2, 0) is 0 Å². The summed E-state index contributed by atoms with van der Waals surface area (Å²) in [7, 11) is 4.06. The van der Waals surface area contributed by atoms with E-state index >= 15 is 0 Å². The Morgan fingerprint density at radius 2 is 2.29 bits per heavy atom. The molecule has 0 spiro atoms. The van der Waals surface area contributed by atoms with Crippen LogP contribution in [0.5, 0.6) is 5.88 Å². The molecule has 0 fully saturated rings. The average Bonchev–Trinajstić information content (AvgIpc) is 2.78. The number of aliphatic hydroxyl groups excluding tert-OH is 1. The van der Waals surface area contributed by atoms with Gasteiger partial charge >= 0.3 is 0 Å². The molecule has 0 saturated carbocycles. The summed E-state index contributed by atoms with van der Waals surface area (Å²) in [6, 6.07) is 0.436. The molecule has 17 heavy (non-hydrogen) atoms. The normalized spacial score (nSPS) is 14.9. The smallest absolute Gasteiger partial charge is 0.245 e. The highest BCUT2D eigenvalue weighted by Crippen LogP contribution is 2.04. The minimum Gasteiger partial charge on any atom is -0.473 e. The van der Waals surface area contributed by atoms with Crippen molar-refractivity contribution in [2.45, 2.75) is 19.1 Å². The van der Waals surface area contributed by atoms with Crippen molar-refractivity contribution < 1.29 is 9.84 Å². The van der Waals surface area contributed by atoms with Gasteiger partial charge in [0.2, 0.25) is 5.88 Å². The number of ether oxygens (including phenoxy) is 1. The molecule has 0 bridgehead atoms. The van der Waals surface area contributed by atoms with Crippen LogP contribution >= 0.6 is 11.7 Å². The minimum atomic E-state index is -0.536. The van der Waals surface area contributed by atoms with Gasteiger partial charge in [0.05, 0.1) is 11.7 Å². The molecular weight excluding hydrogens is 240 g/mol. The zero-order chi connectivity index (χ0) is 12.7. The van der Waals surface area contributed by atoms with E-state index in [9.17, 15) is 5.11 Å². The number of hydrogen-bond acceptors (Lipinski definition) is 7. The van der Waals surface area contributed by atoms with E-state index in [0.29, 0.717) is 18.5 Å². The molecule has 1 rings (SSSR count). The Morgan fingerprint density at radius 3 is 2.88 bits per heavy atom. The molecule has 7 heteroatoms. The first-order valence-electron chi connectivity index (χ1n) is 5.55. The summed E-state index contributed by atoms with van der Waals surface area (Å²) >= 11 is 1.09. The molecule has 0 saturated heterocycles. The van der Waals surface area contributed by atoms with Crippen molar-refractivity contribution in [3.05, 3.63) is 6.20 Å². The lowest BCUT2D eigenvalue weighted by molar-refractivity contribution is 0.103. The Hall–Kier alpha value is -0.760. The number of rotatable bonds is 8. The van der Waals surface area contributed by atoms with Gasteiger partial charge < -0.3 is 20.1 Å². The van der Waals surface area contributed by atoms with Crippen molar-refractivity contribution in [1.29, 1.82) is 0 Å². The summed E-state index contributed by atoms with van der Waals surface area (Å²) in [4.78, 5) is 2.12. The van der Waals surface area contributed by atoms with Crippen molar-refractivity contribution in [2.24, 2.45) is 0 Å². The van der Waals surface area contributed by atoms with Crippen LogP contribution in [0.25, 0.3) is 0 Å². The highest BCUT2D eigenvalue weighted by molar-refractivity contribution is 6.99. The second-order valence-electron chi connectivity index (χ2n) is 4.18. The summed E-state index contributed by atoms with van der Waals surface area (Å²) < 4.78 is 12.9. The Morgan fingerprint density at radius 1 is 1.53 bits per heavy atom. The van der Waals surface area contributed by atoms with Crippen LogP contribution in [0.1, 0.15) is 6.92 Å². The van der Waals surface area contributed by atoms with Crippen LogP contribution in [0.15, 0.2) is 6.20 Å². The molecule has 0 aliphatic rings. The van der Waals surface area contributed by atoms with Crippen molar-refractivity contribution in [3.63, 3.8) is 0 Å². The van der Waals surface area contributed by atoms with Crippen LogP contribution in [-0.4, -0.2) is 64.7 Å². The molecule has 2 atom stereocenters. The summed E-state index contributed by atoms with van der Waals surface area (Å²) in [6.45, 7) is 3.70. The van der Waals surface area contributed by atoms with Gasteiger partial charge in [-0.3, -0.25) is 0 Å². The number of nitrogens with one attached hydrogen (secondary N) is 1. The molecule has 0 aliphatic heterocycles. The molecule has 0 aliphatic carbocycles. The first kappa shape index (κ1) is 14.3. The topological polar surface area (TPSA) is 70.5 Å². The Labute approximate surface area is 106 Å². The van der Waals surface area contributed by atoms with E-state index in [-0.39, 0.29) is 6.61 Å². The average molecular weight is 260 g/mol. The monoisotopic (exact) mass is 260 g/mol. The maximum Gasteiger partial charge on any atom is 0.245 e. The highest BCUT2D eigenvalue weighted by atomic mass is 32.1. The standard InChI is InChI=1S/C10H20N4O2S/c1-8(14(2)3)4-11-5-9(15)7-16-10-6-12-17-13-10/h6,8-9,11,15H,4-5,7H2,1-3H3. The van der Waals surface area contributed by atoms with Gasteiger partial charge in [-0.2, -0.15) is 4.37 Å². The van der Waals surface area contributed by atoms with Crippen molar-refractivity contribution in [1.82, 2.24) is 19.0 Å². The van der Waals surface area contributed by atoms with Crippen molar-refractivity contribution in [2.75, 3.05) is 33.8 Å². The lowest BCUT2D eigenvalue weighted by Gasteiger charge is -2.21. The SMILES string of the molecule is CC(CNCC(O)COc1cnsn1)N(C)C. The Kier molecular flexibility index (Phi) is 6.35. The molecule has 0 radical (unpaired) electrons. The fourth-order valence-electron chi connectivity index (χ4n) is 1.10. The molecule has 2 unspecified atom stereocenters. The molecule has 1 heterocycles. The quantitative estimate of drug-likeness (QED) is 0.675. The third kappa shape index (κ3) is 5.92. The number of likely N-dealkylation sites (N-methyl/N-ethyl adjacent to an activating group) is 1. The second-order valence-corrected chi connectivity index (χ2v) is 4.74. The van der Waals surface area contributed by atoms with Crippen LogP contribution < -0.4 is 10.1 Å². The first-order valence-corrected chi connectivity index (χ1v) is 6.28. The number of aliphatic hydroxyl groups is 1. The van der Waals surface area contributed by atoms with Crippen molar-refractivity contribution >= 4 is 11.7 Å². The van der Waals surface area contributed by atoms with Crippen LogP contribution in [0.4, 0.5) is 0 Å². The van der Waals surface area contributed by atoms with Gasteiger partial charge in [0.15, 0.2) is 0 Å². The van der Waals surface area contributed by atoms with Gasteiger partial charge in [-0.05, 0) is 21.0 Å². The molecule has 6 nitrogen and oxygen atoms in total. The van der Waals surface area contributed by atoms with Gasteiger partial charge in [-0.15, -0.1) is 4.37 Å². The fourth-order valence-corrected chi connectivity index (χ4v) is 1.47. The maximum absolute atomic E-state index is 9.65. The van der Waals surface area contributed by atoms with Crippen molar-refractivity contribution in [3.8, 4) is 5.88 Å². The van der Waals surface area contributed by atoms with Gasteiger partial charge in [0.25, 0.3) is 0 Å². The molecule has 2 N–H and O–H groups in total. The third-order valence-electron chi connectivity index (χ3n) is 2.47. The fraction of sp³-hybridized carbons (Fsp3) is 0.800. The van der Waals surface area contributed by atoms with Crippen LogP contribution in [0.2, 0.25) is 0 Å². The van der Waals surface area contributed by atoms with E-state index in [1.165, 1.54) is 0 Å².